The van der Waals surface area contributed by atoms with Gasteiger partial charge in [-0.15, -0.1) is 0 Å². The van der Waals surface area contributed by atoms with Crippen LogP contribution in [0, 0.1) is 5.82 Å². The maximum atomic E-state index is 13.9. The molecule has 1 aliphatic carbocycles. The van der Waals surface area contributed by atoms with Crippen molar-refractivity contribution in [2.24, 2.45) is 4.40 Å². The lowest BCUT2D eigenvalue weighted by molar-refractivity contribution is 0.579. The molecule has 0 saturated heterocycles. The van der Waals surface area contributed by atoms with Crippen LogP contribution < -0.4 is 0 Å². The number of halogens is 2. The summed E-state index contributed by atoms with van der Waals surface area (Å²) < 4.78 is 30.6. The summed E-state index contributed by atoms with van der Waals surface area (Å²) in [5.74, 6) is -0.243. The second-order valence-electron chi connectivity index (χ2n) is 5.70. The van der Waals surface area contributed by atoms with Crippen molar-refractivity contribution < 1.29 is 8.60 Å². The van der Waals surface area contributed by atoms with Gasteiger partial charge < -0.3 is 0 Å². The van der Waals surface area contributed by atoms with E-state index in [1.807, 2.05) is 40.7 Å². The maximum Gasteiger partial charge on any atom is 0.144 e. The number of hydrogen-bond donors (Lipinski definition) is 0. The van der Waals surface area contributed by atoms with Gasteiger partial charge in [-0.1, -0.05) is 35.8 Å². The van der Waals surface area contributed by atoms with Crippen molar-refractivity contribution in [1.82, 2.24) is 0 Å². The molecule has 1 aromatic carbocycles. The van der Waals surface area contributed by atoms with Crippen molar-refractivity contribution in [3.63, 3.8) is 0 Å². The summed E-state index contributed by atoms with van der Waals surface area (Å²) in [6.45, 7) is 9.67. The third-order valence-electron chi connectivity index (χ3n) is 3.15. The maximum absolute atomic E-state index is 13.9. The molecule has 0 aliphatic heterocycles. The van der Waals surface area contributed by atoms with Crippen LogP contribution in [0.2, 0.25) is 0 Å². The van der Waals surface area contributed by atoms with Crippen LogP contribution in [0.1, 0.15) is 58.9 Å². The lowest BCUT2D eigenvalue weighted by atomic mass is 9.78. The van der Waals surface area contributed by atoms with E-state index >= 15 is 0 Å². The van der Waals surface area contributed by atoms with E-state index in [1.165, 1.54) is 6.07 Å². The summed E-state index contributed by atoms with van der Waals surface area (Å²) in [7, 11) is -1.27. The van der Waals surface area contributed by atoms with Gasteiger partial charge >= 0.3 is 0 Å². The van der Waals surface area contributed by atoms with Crippen LogP contribution in [-0.4, -0.2) is 14.7 Å². The largest absolute Gasteiger partial charge is 0.234 e. The van der Waals surface area contributed by atoms with Crippen LogP contribution in [0.25, 0.3) is 0 Å². The monoisotopic (exact) mass is 375 g/mol. The minimum absolute atomic E-state index is 0.0144. The molecule has 2 rings (SSSR count). The molecular weight excluding hydrogens is 353 g/mol. The summed E-state index contributed by atoms with van der Waals surface area (Å²) in [6, 6.07) is 5.07. The topological polar surface area (TPSA) is 29.4 Å². The fraction of sp³-hybridized carbons (Fsp3) is 0.562. The zero-order chi connectivity index (χ0) is 16.2. The van der Waals surface area contributed by atoms with Gasteiger partial charge in [-0.2, -0.15) is 4.40 Å². The highest BCUT2D eigenvalue weighted by Gasteiger charge is 2.32. The molecule has 1 aliphatic rings. The lowest BCUT2D eigenvalue weighted by Crippen LogP contribution is -2.28. The molecule has 5 heteroatoms. The smallest absolute Gasteiger partial charge is 0.144 e. The minimum atomic E-state index is -1.27. The van der Waals surface area contributed by atoms with Crippen molar-refractivity contribution in [2.75, 3.05) is 0 Å². The molecule has 1 aromatic rings. The first-order valence-corrected chi connectivity index (χ1v) is 9.13. The Hall–Kier alpha value is -0.550. The first-order chi connectivity index (χ1) is 9.79. The van der Waals surface area contributed by atoms with Gasteiger partial charge in [0.25, 0.3) is 0 Å². The SMILES string of the molecule is CC.CC(C)(C)S(=O)/N=C1/CCC1c1ccc(Br)cc1F. The molecule has 118 valence electrons. The van der Waals surface area contributed by atoms with Crippen molar-refractivity contribution in [2.45, 2.75) is 58.1 Å². The molecule has 0 amide bonds. The Morgan fingerprint density at radius 2 is 1.95 bits per heavy atom. The summed E-state index contributed by atoms with van der Waals surface area (Å²) in [6.07, 6.45) is 1.68. The zero-order valence-electron chi connectivity index (χ0n) is 13.2. The highest BCUT2D eigenvalue weighted by atomic mass is 79.9. The fourth-order valence-electron chi connectivity index (χ4n) is 1.89. The van der Waals surface area contributed by atoms with E-state index < -0.39 is 11.0 Å². The number of rotatable bonds is 2. The standard InChI is InChI=1S/C14H17BrFNOS.C2H6/c1-14(2,3)19(18)17-13-7-6-11(13)10-5-4-9(15)8-12(10)16;1-2/h4-5,8,11H,6-7H2,1-3H3;1-2H3/b17-13-;. The average Bonchev–Trinajstić information content (AvgIpc) is 2.38. The van der Waals surface area contributed by atoms with Gasteiger partial charge in [-0.3, -0.25) is 0 Å². The highest BCUT2D eigenvalue weighted by molar-refractivity contribution is 9.10. The number of nitrogens with zero attached hydrogens (tertiary/aromatic N) is 1. The van der Waals surface area contributed by atoms with Crippen LogP contribution in [0.15, 0.2) is 27.1 Å². The zero-order valence-corrected chi connectivity index (χ0v) is 15.6. The van der Waals surface area contributed by atoms with Gasteiger partial charge in [-0.05, 0) is 51.3 Å². The van der Waals surface area contributed by atoms with Gasteiger partial charge in [0.1, 0.15) is 16.8 Å². The van der Waals surface area contributed by atoms with E-state index in [1.54, 1.807) is 6.07 Å². The molecule has 0 bridgehead atoms. The van der Waals surface area contributed by atoms with Crippen molar-refractivity contribution in [3.8, 4) is 0 Å². The Morgan fingerprint density at radius 1 is 1.33 bits per heavy atom. The molecule has 0 heterocycles. The van der Waals surface area contributed by atoms with E-state index in [0.717, 1.165) is 23.0 Å². The van der Waals surface area contributed by atoms with Gasteiger partial charge in [0.05, 0.1) is 4.75 Å². The molecule has 2 nitrogen and oxygen atoms in total. The van der Waals surface area contributed by atoms with Gasteiger partial charge in [0, 0.05) is 16.1 Å². The Balaban J connectivity index is 0.00000106. The Bertz CT molecular complexity index is 552. The molecule has 0 spiro atoms. The molecule has 1 fully saturated rings. The predicted octanol–water partition coefficient (Wildman–Crippen LogP) is 5.40. The highest BCUT2D eigenvalue weighted by Crippen LogP contribution is 2.37. The molecule has 2 atom stereocenters. The molecular formula is C16H23BrFNOS. The van der Waals surface area contributed by atoms with Gasteiger partial charge in [0.2, 0.25) is 0 Å². The summed E-state index contributed by atoms with van der Waals surface area (Å²) in [5, 5.41) is 0. The first-order valence-electron chi connectivity index (χ1n) is 7.23. The normalized spacial score (nSPS) is 21.3. The van der Waals surface area contributed by atoms with E-state index in [2.05, 4.69) is 20.3 Å². The second-order valence-corrected chi connectivity index (χ2v) is 8.52. The molecule has 2 unspecified atom stereocenters. The van der Waals surface area contributed by atoms with Crippen molar-refractivity contribution >= 4 is 32.6 Å². The minimum Gasteiger partial charge on any atom is -0.234 e. The molecule has 0 N–H and O–H groups in total. The summed E-state index contributed by atoms with van der Waals surface area (Å²) in [5.41, 5.74) is 1.51. The Labute approximate surface area is 138 Å². The summed E-state index contributed by atoms with van der Waals surface area (Å²) >= 11 is 3.25. The average molecular weight is 376 g/mol. The third kappa shape index (κ3) is 4.71. The van der Waals surface area contributed by atoms with E-state index in [-0.39, 0.29) is 16.5 Å². The number of benzene rings is 1. The predicted molar refractivity (Wildman–Crippen MR) is 92.8 cm³/mol. The van der Waals surface area contributed by atoms with Crippen molar-refractivity contribution in [1.29, 1.82) is 0 Å². The molecule has 21 heavy (non-hydrogen) atoms. The van der Waals surface area contributed by atoms with Crippen molar-refractivity contribution in [3.05, 3.63) is 34.1 Å². The van der Waals surface area contributed by atoms with E-state index in [9.17, 15) is 8.60 Å². The Kier molecular flexibility index (Phi) is 6.72. The second kappa shape index (κ2) is 7.63. The molecule has 1 saturated carbocycles. The molecule has 0 radical (unpaired) electrons. The third-order valence-corrected chi connectivity index (χ3v) is 5.09. The van der Waals surface area contributed by atoms with Crippen LogP contribution in [0.3, 0.4) is 0 Å². The van der Waals surface area contributed by atoms with E-state index in [4.69, 9.17) is 0 Å². The number of hydrogen-bond acceptors (Lipinski definition) is 1. The quantitative estimate of drug-likeness (QED) is 0.680. The van der Waals surface area contributed by atoms with Gasteiger partial charge in [0.15, 0.2) is 0 Å². The first kappa shape index (κ1) is 18.5. The van der Waals surface area contributed by atoms with E-state index in [0.29, 0.717) is 5.56 Å². The summed E-state index contributed by atoms with van der Waals surface area (Å²) in [4.78, 5) is 0. The fourth-order valence-corrected chi connectivity index (χ4v) is 2.93. The van der Waals surface area contributed by atoms with Crippen LogP contribution in [0.4, 0.5) is 4.39 Å². The Morgan fingerprint density at radius 3 is 2.38 bits per heavy atom. The van der Waals surface area contributed by atoms with Crippen LogP contribution in [0.5, 0.6) is 0 Å². The van der Waals surface area contributed by atoms with Crippen LogP contribution >= 0.6 is 15.9 Å². The van der Waals surface area contributed by atoms with Crippen LogP contribution in [-0.2, 0) is 11.0 Å². The lowest BCUT2D eigenvalue weighted by Gasteiger charge is -2.29. The molecule has 0 aromatic heterocycles. The van der Waals surface area contributed by atoms with Gasteiger partial charge in [-0.25, -0.2) is 8.60 Å².